The van der Waals surface area contributed by atoms with E-state index in [0.29, 0.717) is 62.8 Å². The van der Waals surface area contributed by atoms with Crippen LogP contribution in [0.25, 0.3) is 45.1 Å². The molecule has 0 bridgehead atoms. The molecule has 0 saturated carbocycles. The van der Waals surface area contributed by atoms with E-state index >= 15 is 0 Å². The van der Waals surface area contributed by atoms with Crippen molar-refractivity contribution in [2.75, 3.05) is 23.8 Å². The third-order valence-electron chi connectivity index (χ3n) is 11.4. The molecule has 9 aromatic rings. The number of aryl methyl sites for hydroxylation is 2. The normalized spacial score (nSPS) is 12.7. The first-order chi connectivity index (χ1) is 32.0. The van der Waals surface area contributed by atoms with Crippen molar-refractivity contribution >= 4 is 51.3 Å². The number of aromatic nitrogens is 10. The zero-order valence-electron chi connectivity index (χ0n) is 36.0. The molecule has 2 atom stereocenters. The Morgan fingerprint density at radius 2 is 1.18 bits per heavy atom. The van der Waals surface area contributed by atoms with E-state index in [1.54, 1.807) is 0 Å². The van der Waals surface area contributed by atoms with E-state index in [1.165, 1.54) is 11.1 Å². The molecule has 4 aromatic carbocycles. The Bertz CT molecular complexity index is 3130. The van der Waals surface area contributed by atoms with Crippen LogP contribution in [-0.2, 0) is 48.6 Å². The Hall–Kier alpha value is -6.94. The van der Waals surface area contributed by atoms with Crippen LogP contribution in [0.4, 0.5) is 11.6 Å². The Labute approximate surface area is 387 Å². The quantitative estimate of drug-likeness (QED) is 0.117. The smallest absolute Gasteiger partial charge is 0.236 e. The summed E-state index contributed by atoms with van der Waals surface area (Å²) in [4.78, 5) is 19.7. The van der Waals surface area contributed by atoms with Crippen LogP contribution in [0.3, 0.4) is 0 Å². The fourth-order valence-electron chi connectivity index (χ4n) is 8.32. The molecular weight excluding hydrogens is 865 g/mol. The van der Waals surface area contributed by atoms with Crippen molar-refractivity contribution < 1.29 is 9.47 Å². The monoisotopic (exact) mass is 915 g/mol. The van der Waals surface area contributed by atoms with Crippen molar-refractivity contribution in [2.24, 2.45) is 0 Å². The van der Waals surface area contributed by atoms with E-state index < -0.39 is 0 Å². The number of nitriles is 1. The second-order valence-electron chi connectivity index (χ2n) is 15.4. The lowest BCUT2D eigenvalue weighted by molar-refractivity contribution is 0.109. The summed E-state index contributed by atoms with van der Waals surface area (Å²) in [5.41, 5.74) is 12.0. The van der Waals surface area contributed by atoms with Crippen LogP contribution < -0.4 is 10.6 Å². The van der Waals surface area contributed by atoms with E-state index in [9.17, 15) is 5.26 Å². The number of hydrogen-bond donors (Lipinski definition) is 3. The SMILES string of the molecule is C.Cc1cc2c(-c3nn[nH]n3)cccc2n1-c1nc2c(c(NCc3ccccc3)n1)COCC2.Cc1cc2c(C#N)cccc2n1-c1nc2c(c(NCc3ccccc3)n1)COCC2.PP. The predicted octanol–water partition coefficient (Wildman–Crippen LogP) is 9.17. The van der Waals surface area contributed by atoms with Gasteiger partial charge in [-0.25, -0.2) is 9.97 Å². The number of nitrogens with one attached hydrogen (secondary N) is 3. The van der Waals surface area contributed by atoms with E-state index in [0.717, 1.165) is 85.7 Å². The predicted molar refractivity (Wildman–Crippen MR) is 265 cm³/mol. The number of anilines is 2. The summed E-state index contributed by atoms with van der Waals surface area (Å²) in [7, 11) is 4.67. The summed E-state index contributed by atoms with van der Waals surface area (Å²) < 4.78 is 15.5. The molecule has 15 nitrogen and oxygen atoms in total. The lowest BCUT2D eigenvalue weighted by atomic mass is 10.1. The van der Waals surface area contributed by atoms with Gasteiger partial charge >= 0.3 is 0 Å². The molecule has 0 amide bonds. The summed E-state index contributed by atoms with van der Waals surface area (Å²) in [5.74, 6) is 3.44. The van der Waals surface area contributed by atoms with E-state index in [4.69, 9.17) is 29.4 Å². The highest BCUT2D eigenvalue weighted by Gasteiger charge is 2.23. The van der Waals surface area contributed by atoms with Gasteiger partial charge in [0.1, 0.15) is 11.6 Å². The Morgan fingerprint density at radius 3 is 1.70 bits per heavy atom. The van der Waals surface area contributed by atoms with Crippen molar-refractivity contribution in [3.63, 3.8) is 0 Å². The van der Waals surface area contributed by atoms with Crippen LogP contribution in [0, 0.1) is 25.2 Å². The lowest BCUT2D eigenvalue weighted by Gasteiger charge is -2.21. The van der Waals surface area contributed by atoms with Crippen molar-refractivity contribution in [1.29, 1.82) is 5.26 Å². The maximum absolute atomic E-state index is 9.47. The van der Waals surface area contributed by atoms with Crippen LogP contribution in [-0.4, -0.2) is 62.9 Å². The minimum absolute atomic E-state index is 0. The van der Waals surface area contributed by atoms with Gasteiger partial charge in [-0.3, -0.25) is 9.13 Å². The second-order valence-corrected chi connectivity index (χ2v) is 15.4. The first-order valence-corrected chi connectivity index (χ1v) is 23.9. The molecule has 2 unspecified atom stereocenters. The number of rotatable bonds is 9. The number of benzene rings is 4. The fraction of sp³-hybridized carbons (Fsp3) is 0.224. The van der Waals surface area contributed by atoms with Crippen LogP contribution in [0.1, 0.15) is 58.0 Å². The van der Waals surface area contributed by atoms with Crippen molar-refractivity contribution in [3.8, 4) is 29.4 Å². The number of tetrazole rings is 1. The number of hydrogen-bond acceptors (Lipinski definition) is 12. The average Bonchev–Trinajstić information content (AvgIpc) is 4.11. The van der Waals surface area contributed by atoms with Gasteiger partial charge in [0, 0.05) is 64.8 Å². The Kier molecular flexibility index (Phi) is 14.5. The van der Waals surface area contributed by atoms with Crippen LogP contribution >= 0.6 is 17.9 Å². The lowest BCUT2D eigenvalue weighted by Crippen LogP contribution is -2.19. The van der Waals surface area contributed by atoms with Crippen molar-refractivity contribution in [3.05, 3.63) is 160 Å². The van der Waals surface area contributed by atoms with Gasteiger partial charge in [-0.2, -0.15) is 20.4 Å². The minimum atomic E-state index is 0. The van der Waals surface area contributed by atoms with Gasteiger partial charge in [0.2, 0.25) is 17.7 Å². The summed E-state index contributed by atoms with van der Waals surface area (Å²) in [6.07, 6.45) is 1.52. The van der Waals surface area contributed by atoms with E-state index in [2.05, 4.69) is 103 Å². The number of H-pyrrole nitrogens is 1. The molecule has 334 valence electrons. The third-order valence-corrected chi connectivity index (χ3v) is 11.4. The first kappa shape index (κ1) is 45.6. The Morgan fingerprint density at radius 1 is 0.667 bits per heavy atom. The van der Waals surface area contributed by atoms with Crippen LogP contribution in [0.5, 0.6) is 0 Å². The van der Waals surface area contributed by atoms with Gasteiger partial charge in [0.05, 0.1) is 60.5 Å². The number of ether oxygens (including phenoxy) is 2. The summed E-state index contributed by atoms with van der Waals surface area (Å²) in [6, 6.07) is 38.8. The van der Waals surface area contributed by atoms with Gasteiger partial charge in [-0.1, -0.05) is 86.3 Å². The molecule has 0 aliphatic carbocycles. The number of aromatic amines is 1. The summed E-state index contributed by atoms with van der Waals surface area (Å²) in [5, 5.41) is 33.0. The van der Waals surface area contributed by atoms with Gasteiger partial charge in [-0.05, 0) is 60.5 Å². The van der Waals surface area contributed by atoms with Crippen molar-refractivity contribution in [2.45, 2.75) is 60.4 Å². The molecule has 11 rings (SSSR count). The maximum Gasteiger partial charge on any atom is 0.236 e. The number of fused-ring (bicyclic) bond motifs is 4. The number of nitrogens with zero attached hydrogens (tertiary/aromatic N) is 10. The fourth-order valence-corrected chi connectivity index (χ4v) is 8.32. The Balaban J connectivity index is 0.000000171. The molecule has 3 N–H and O–H groups in total. The molecule has 2 aliphatic rings. The average molecular weight is 916 g/mol. The molecule has 7 heterocycles. The first-order valence-electron chi connectivity index (χ1n) is 21.2. The zero-order valence-corrected chi connectivity index (χ0v) is 38.3. The van der Waals surface area contributed by atoms with Gasteiger partial charge in [-0.15, -0.1) is 28.1 Å². The second kappa shape index (κ2) is 20.9. The summed E-state index contributed by atoms with van der Waals surface area (Å²) in [6.45, 7) is 7.77. The van der Waals surface area contributed by atoms with Gasteiger partial charge in [0.15, 0.2) is 0 Å². The molecule has 2 aliphatic heterocycles. The van der Waals surface area contributed by atoms with E-state index in [1.807, 2.05) is 84.3 Å². The highest BCUT2D eigenvalue weighted by Crippen LogP contribution is 2.33. The highest BCUT2D eigenvalue weighted by atomic mass is 32.0. The maximum atomic E-state index is 9.47. The molecule has 66 heavy (non-hydrogen) atoms. The highest BCUT2D eigenvalue weighted by molar-refractivity contribution is 7.92. The molecule has 0 radical (unpaired) electrons. The van der Waals surface area contributed by atoms with Gasteiger partial charge < -0.3 is 20.1 Å². The van der Waals surface area contributed by atoms with Crippen LogP contribution in [0.15, 0.2) is 109 Å². The van der Waals surface area contributed by atoms with Crippen LogP contribution in [0.2, 0.25) is 0 Å². The zero-order chi connectivity index (χ0) is 44.7. The summed E-state index contributed by atoms with van der Waals surface area (Å²) >= 11 is 0. The largest absolute Gasteiger partial charge is 0.376 e. The minimum Gasteiger partial charge on any atom is -0.376 e. The molecule has 17 heteroatoms. The standard InChI is InChI=1S/C24H22N8O.C24H21N5O.CH4.H4P2/c1-15-12-18-17(23-28-30-31-29-23)8-5-9-21(18)32(15)24-26-20-10-11-33-14-19(20)22(27-24)25-13-16-6-3-2-4-7-16;1-16-12-19-18(13-25)8-5-9-22(19)29(16)24-27-21-10-11-30-15-20(21)23(28-24)26-14-17-6-3-2-4-7-17;;1-2/h2-9,12H,10-11,13-14H2,1H3,(H,25,26,27)(H,28,29,30,31);2-9,12H,10-11,14-15H2,1H3,(H,26,27,28);1H4;1-2H2. The molecule has 0 spiro atoms. The van der Waals surface area contributed by atoms with E-state index in [-0.39, 0.29) is 7.43 Å². The van der Waals surface area contributed by atoms with Crippen molar-refractivity contribution in [1.82, 2.24) is 49.7 Å². The molecular formula is C49H51N13O2P2. The van der Waals surface area contributed by atoms with Gasteiger partial charge in [0.25, 0.3) is 0 Å². The molecule has 0 fully saturated rings. The topological polar surface area (TPSA) is 182 Å². The molecule has 0 saturated heterocycles. The third kappa shape index (κ3) is 9.41. The molecule has 5 aromatic heterocycles.